The molecule has 5 fully saturated rings. The Kier molecular flexibility index (Phi) is 10.4. The minimum atomic E-state index is -1.92. The second-order valence-corrected chi connectivity index (χ2v) is 15.8. The van der Waals surface area contributed by atoms with E-state index in [-0.39, 0.29) is 31.0 Å². The van der Waals surface area contributed by atoms with E-state index in [1.165, 1.54) is 7.11 Å². The van der Waals surface area contributed by atoms with Gasteiger partial charge in [0.1, 0.15) is 30.0 Å². The summed E-state index contributed by atoms with van der Waals surface area (Å²) < 4.78 is 17.0. The van der Waals surface area contributed by atoms with Gasteiger partial charge >= 0.3 is 0 Å². The van der Waals surface area contributed by atoms with Gasteiger partial charge in [0.25, 0.3) is 0 Å². The van der Waals surface area contributed by atoms with Crippen LogP contribution in [0.2, 0.25) is 0 Å². The summed E-state index contributed by atoms with van der Waals surface area (Å²) >= 11 is 0. The van der Waals surface area contributed by atoms with Crippen molar-refractivity contribution in [2.24, 2.45) is 46.3 Å². The Labute approximate surface area is 266 Å². The molecule has 1 heterocycles. The van der Waals surface area contributed by atoms with E-state index in [4.69, 9.17) is 14.2 Å². The molecule has 0 unspecified atom stereocenters. The van der Waals surface area contributed by atoms with Gasteiger partial charge < -0.3 is 60.2 Å². The first-order valence-electron chi connectivity index (χ1n) is 17.0. The van der Waals surface area contributed by atoms with Gasteiger partial charge in [-0.3, -0.25) is 0 Å². The number of aliphatic hydroxyl groups is 9. The van der Waals surface area contributed by atoms with Crippen molar-refractivity contribution >= 4 is 0 Å². The molecule has 4 aliphatic carbocycles. The standard InChI is InChI=1S/C33H58O12/c1-15(13-34)7-6-8-16(2)20-24(38)26(40)28-32(20,4)12-10-19-31(3)11-9-18(23(37)21(31)25(39)29(41)33(19,28)42)45-30-27(43-5)22(36)17(35)14-44-30/h15-30,34-42H,6-14H2,1-5H3/t15-,16+,17+,18-,19+,20-,21+,22-,23-,24+,25-,26-,27+,28+,29+,30-,31+,32+,33-/m0/s1. The first-order valence-corrected chi connectivity index (χ1v) is 17.0. The van der Waals surface area contributed by atoms with E-state index in [1.807, 2.05) is 20.8 Å². The van der Waals surface area contributed by atoms with E-state index in [1.54, 1.807) is 0 Å². The van der Waals surface area contributed by atoms with Crippen LogP contribution in [0, 0.1) is 46.3 Å². The summed E-state index contributed by atoms with van der Waals surface area (Å²) in [5, 5.41) is 101. The second kappa shape index (κ2) is 13.1. The SMILES string of the molecule is CO[C@H]1[C@H](O[C@H]2CC[C@@]3(C)[C@H]([C@H]2O)[C@H](O)[C@@H](O)[C@]2(O)[C@@H]3CC[C@]3(C)[C@@H]([C@H](C)CCC[C@H](C)CO)[C@@H](O)[C@H](O)[C@H]32)OC[C@@H](O)[C@@H]1O. The van der Waals surface area contributed by atoms with E-state index in [9.17, 15) is 46.0 Å². The number of methoxy groups -OCH3 is 1. The molecular formula is C33H58O12. The summed E-state index contributed by atoms with van der Waals surface area (Å²) in [4.78, 5) is 0. The third kappa shape index (κ3) is 5.53. The van der Waals surface area contributed by atoms with Crippen LogP contribution in [0.15, 0.2) is 0 Å². The number of hydrogen-bond donors (Lipinski definition) is 9. The van der Waals surface area contributed by atoms with Crippen molar-refractivity contribution in [3.05, 3.63) is 0 Å². The maximum absolute atomic E-state index is 12.7. The van der Waals surface area contributed by atoms with E-state index in [0.29, 0.717) is 25.7 Å². The Morgan fingerprint density at radius 3 is 2.16 bits per heavy atom. The third-order valence-corrected chi connectivity index (χ3v) is 13.3. The highest BCUT2D eigenvalue weighted by Crippen LogP contribution is 2.70. The third-order valence-electron chi connectivity index (χ3n) is 13.3. The molecule has 5 rings (SSSR count). The molecule has 0 spiro atoms. The van der Waals surface area contributed by atoms with Gasteiger partial charge in [0.2, 0.25) is 0 Å². The maximum atomic E-state index is 12.7. The number of rotatable bonds is 9. The molecule has 0 radical (unpaired) electrons. The summed E-state index contributed by atoms with van der Waals surface area (Å²) in [7, 11) is 1.36. The monoisotopic (exact) mass is 646 g/mol. The van der Waals surface area contributed by atoms with Gasteiger partial charge in [0, 0.05) is 25.6 Å². The van der Waals surface area contributed by atoms with Crippen LogP contribution >= 0.6 is 0 Å². The molecule has 0 bridgehead atoms. The minimum absolute atomic E-state index is 0.0108. The number of aliphatic hydroxyl groups excluding tert-OH is 8. The Hall–Kier alpha value is -0.480. The predicted molar refractivity (Wildman–Crippen MR) is 160 cm³/mol. The minimum Gasteiger partial charge on any atom is -0.396 e. The molecule has 0 amide bonds. The topological polar surface area (TPSA) is 210 Å². The highest BCUT2D eigenvalue weighted by atomic mass is 16.7. The van der Waals surface area contributed by atoms with Crippen molar-refractivity contribution in [1.29, 1.82) is 0 Å². The second-order valence-electron chi connectivity index (χ2n) is 15.8. The molecule has 0 aromatic heterocycles. The molecule has 4 saturated carbocycles. The van der Waals surface area contributed by atoms with E-state index >= 15 is 0 Å². The van der Waals surface area contributed by atoms with Crippen molar-refractivity contribution in [2.45, 2.75) is 139 Å². The van der Waals surface area contributed by atoms with Crippen LogP contribution in [0.25, 0.3) is 0 Å². The van der Waals surface area contributed by atoms with Crippen molar-refractivity contribution in [3.63, 3.8) is 0 Å². The number of fused-ring (bicyclic) bond motifs is 5. The summed E-state index contributed by atoms with van der Waals surface area (Å²) in [5.74, 6) is -2.52. The van der Waals surface area contributed by atoms with Gasteiger partial charge in [-0.2, -0.15) is 0 Å². The highest BCUT2D eigenvalue weighted by Gasteiger charge is 2.76. The van der Waals surface area contributed by atoms with Gasteiger partial charge in [-0.15, -0.1) is 0 Å². The van der Waals surface area contributed by atoms with Crippen LogP contribution in [-0.4, -0.2) is 133 Å². The lowest BCUT2D eigenvalue weighted by atomic mass is 9.40. The quantitative estimate of drug-likeness (QED) is 0.146. The van der Waals surface area contributed by atoms with Gasteiger partial charge in [0.15, 0.2) is 6.29 Å². The van der Waals surface area contributed by atoms with Crippen LogP contribution in [-0.2, 0) is 14.2 Å². The lowest BCUT2D eigenvalue weighted by Crippen LogP contribution is -2.77. The zero-order valence-corrected chi connectivity index (χ0v) is 27.4. The summed E-state index contributed by atoms with van der Waals surface area (Å²) in [6, 6.07) is 0. The van der Waals surface area contributed by atoms with E-state index in [2.05, 4.69) is 6.92 Å². The molecule has 5 aliphatic rings. The molecule has 12 nitrogen and oxygen atoms in total. The first-order chi connectivity index (χ1) is 21.1. The number of hydrogen-bond acceptors (Lipinski definition) is 12. The molecular weight excluding hydrogens is 588 g/mol. The van der Waals surface area contributed by atoms with E-state index in [0.717, 1.165) is 19.3 Å². The van der Waals surface area contributed by atoms with Crippen LogP contribution < -0.4 is 0 Å². The van der Waals surface area contributed by atoms with Gasteiger partial charge in [-0.05, 0) is 66.6 Å². The molecule has 0 aromatic carbocycles. The fourth-order valence-corrected chi connectivity index (χ4v) is 11.1. The Bertz CT molecular complexity index is 1020. The predicted octanol–water partition coefficient (Wildman–Crippen LogP) is -0.473. The largest absolute Gasteiger partial charge is 0.396 e. The summed E-state index contributed by atoms with van der Waals surface area (Å²) in [5.41, 5.74) is -3.47. The van der Waals surface area contributed by atoms with Crippen molar-refractivity contribution in [3.8, 4) is 0 Å². The number of ether oxygens (including phenoxy) is 3. The normalized spacial score (nSPS) is 54.5. The molecule has 12 heteroatoms. The van der Waals surface area contributed by atoms with Crippen molar-refractivity contribution < 1.29 is 60.2 Å². The molecule has 1 aliphatic heterocycles. The van der Waals surface area contributed by atoms with E-state index < -0.39 is 95.4 Å². The zero-order valence-electron chi connectivity index (χ0n) is 27.4. The van der Waals surface area contributed by atoms with Gasteiger partial charge in [-0.1, -0.05) is 40.5 Å². The first kappa shape index (κ1) is 35.8. The molecule has 19 atom stereocenters. The van der Waals surface area contributed by atoms with Crippen LogP contribution in [0.1, 0.15) is 72.6 Å². The molecule has 1 saturated heterocycles. The lowest BCUT2D eigenvalue weighted by molar-refractivity contribution is -0.339. The molecule has 0 aromatic rings. The smallest absolute Gasteiger partial charge is 0.186 e. The average molecular weight is 647 g/mol. The van der Waals surface area contributed by atoms with Gasteiger partial charge in [-0.25, -0.2) is 0 Å². The van der Waals surface area contributed by atoms with Crippen molar-refractivity contribution in [1.82, 2.24) is 0 Å². The van der Waals surface area contributed by atoms with Crippen LogP contribution in [0.4, 0.5) is 0 Å². The molecule has 262 valence electrons. The lowest BCUT2D eigenvalue weighted by Gasteiger charge is -2.68. The highest BCUT2D eigenvalue weighted by molar-refractivity contribution is 5.25. The summed E-state index contributed by atoms with van der Waals surface area (Å²) in [6.45, 7) is 7.88. The fraction of sp³-hybridized carbons (Fsp3) is 1.00. The zero-order chi connectivity index (χ0) is 33.2. The van der Waals surface area contributed by atoms with Crippen LogP contribution in [0.3, 0.4) is 0 Å². The van der Waals surface area contributed by atoms with Crippen molar-refractivity contribution in [2.75, 3.05) is 20.3 Å². The summed E-state index contributed by atoms with van der Waals surface area (Å²) in [6.07, 6.45) is -7.95. The Balaban J connectivity index is 1.39. The average Bonchev–Trinajstić information content (AvgIpc) is 3.20. The Morgan fingerprint density at radius 1 is 0.844 bits per heavy atom. The molecule has 9 N–H and O–H groups in total. The molecule has 45 heavy (non-hydrogen) atoms. The Morgan fingerprint density at radius 2 is 1.51 bits per heavy atom. The fourth-order valence-electron chi connectivity index (χ4n) is 11.1. The van der Waals surface area contributed by atoms with Gasteiger partial charge in [0.05, 0.1) is 37.1 Å². The van der Waals surface area contributed by atoms with Crippen LogP contribution in [0.5, 0.6) is 0 Å². The maximum Gasteiger partial charge on any atom is 0.186 e.